The molecule has 0 aromatic heterocycles. The third kappa shape index (κ3) is 9.82. The second-order valence-electron chi connectivity index (χ2n) is 9.21. The van der Waals surface area contributed by atoms with Crippen LogP contribution in [0.5, 0.6) is 0 Å². The number of likely N-dealkylation sites (tertiary alicyclic amines) is 1. The van der Waals surface area contributed by atoms with Gasteiger partial charge in [0.2, 0.25) is 0 Å². The first-order valence-corrected chi connectivity index (χ1v) is 11.6. The highest BCUT2D eigenvalue weighted by atomic mass is 16.6. The molecular weight excluding hydrogens is 336 g/mol. The third-order valence-corrected chi connectivity index (χ3v) is 5.67. The molecule has 1 aliphatic carbocycles. The molecule has 0 radical (unpaired) electrons. The van der Waals surface area contributed by atoms with Crippen LogP contribution in [0.2, 0.25) is 0 Å². The van der Waals surface area contributed by atoms with E-state index in [1.54, 1.807) is 0 Å². The second-order valence-corrected chi connectivity index (χ2v) is 9.21. The zero-order valence-electron chi connectivity index (χ0n) is 19.0. The van der Waals surface area contributed by atoms with Gasteiger partial charge in [0.25, 0.3) is 0 Å². The smallest absolute Gasteiger partial charge is 0.407 e. The molecular formula is C23H46N2O2. The van der Waals surface area contributed by atoms with Gasteiger partial charge in [-0.3, -0.25) is 0 Å². The van der Waals surface area contributed by atoms with Crippen molar-refractivity contribution in [2.75, 3.05) is 19.6 Å². The number of alkyl carbamates (subject to hydrolysis) is 1. The van der Waals surface area contributed by atoms with Crippen LogP contribution in [0.25, 0.3) is 0 Å². The fourth-order valence-corrected chi connectivity index (χ4v) is 4.45. The molecule has 2 fully saturated rings. The zero-order chi connectivity index (χ0) is 20.3. The fourth-order valence-electron chi connectivity index (χ4n) is 4.45. The van der Waals surface area contributed by atoms with Crippen LogP contribution in [0.3, 0.4) is 0 Å². The lowest BCUT2D eigenvalue weighted by atomic mass is 9.83. The standard InChI is InChI=1S/C21H40N2O2.C2H6/c1-5-6-10-17-11-9-14-23(15-17)16-18-12-7-8-13-19(18)22-20(24)25-21(2,3)4;1-2/h17-19H,5-16H2,1-4H3,(H,22,24);1-2H3/t17?,18-,19?;/m0./s1. The molecule has 1 aliphatic heterocycles. The van der Waals surface area contributed by atoms with Gasteiger partial charge in [-0.1, -0.05) is 46.5 Å². The van der Waals surface area contributed by atoms with E-state index in [9.17, 15) is 4.79 Å². The third-order valence-electron chi connectivity index (χ3n) is 5.67. The minimum Gasteiger partial charge on any atom is -0.444 e. The summed E-state index contributed by atoms with van der Waals surface area (Å²) < 4.78 is 5.48. The molecule has 2 unspecified atom stereocenters. The Morgan fingerprint density at radius 1 is 1.11 bits per heavy atom. The van der Waals surface area contributed by atoms with Gasteiger partial charge in [-0.2, -0.15) is 0 Å². The number of ether oxygens (including phenoxy) is 1. The van der Waals surface area contributed by atoms with Crippen molar-refractivity contribution < 1.29 is 9.53 Å². The van der Waals surface area contributed by atoms with E-state index in [-0.39, 0.29) is 12.1 Å². The van der Waals surface area contributed by atoms with E-state index in [1.165, 1.54) is 64.5 Å². The molecule has 1 heterocycles. The normalized spacial score (nSPS) is 26.7. The van der Waals surface area contributed by atoms with Crippen molar-refractivity contribution in [2.24, 2.45) is 11.8 Å². The summed E-state index contributed by atoms with van der Waals surface area (Å²) >= 11 is 0. The number of unbranched alkanes of at least 4 members (excludes halogenated alkanes) is 1. The number of nitrogens with one attached hydrogen (secondary N) is 1. The van der Waals surface area contributed by atoms with Crippen molar-refractivity contribution in [2.45, 2.75) is 111 Å². The molecule has 1 N–H and O–H groups in total. The maximum atomic E-state index is 12.2. The average molecular weight is 383 g/mol. The number of amides is 1. The number of hydrogen-bond donors (Lipinski definition) is 1. The van der Waals surface area contributed by atoms with Crippen LogP contribution in [0.4, 0.5) is 4.79 Å². The molecule has 2 rings (SSSR count). The van der Waals surface area contributed by atoms with E-state index >= 15 is 0 Å². The van der Waals surface area contributed by atoms with Gasteiger partial charge in [0.1, 0.15) is 5.60 Å². The predicted molar refractivity (Wildman–Crippen MR) is 115 cm³/mol. The Labute approximate surface area is 168 Å². The van der Waals surface area contributed by atoms with Gasteiger partial charge in [0.15, 0.2) is 0 Å². The molecule has 0 aromatic carbocycles. The largest absolute Gasteiger partial charge is 0.444 e. The van der Waals surface area contributed by atoms with Crippen LogP contribution in [-0.4, -0.2) is 42.3 Å². The number of rotatable bonds is 6. The molecule has 3 atom stereocenters. The molecule has 1 saturated carbocycles. The minimum absolute atomic E-state index is 0.246. The van der Waals surface area contributed by atoms with Crippen molar-refractivity contribution in [3.63, 3.8) is 0 Å². The molecule has 27 heavy (non-hydrogen) atoms. The maximum absolute atomic E-state index is 12.2. The summed E-state index contributed by atoms with van der Waals surface area (Å²) in [7, 11) is 0. The Bertz CT molecular complexity index is 406. The molecule has 0 bridgehead atoms. The summed E-state index contributed by atoms with van der Waals surface area (Å²) in [6.07, 6.45) is 11.4. The fraction of sp³-hybridized carbons (Fsp3) is 0.957. The van der Waals surface area contributed by atoms with E-state index in [4.69, 9.17) is 4.74 Å². The van der Waals surface area contributed by atoms with Crippen LogP contribution in [0.1, 0.15) is 99.3 Å². The van der Waals surface area contributed by atoms with Gasteiger partial charge < -0.3 is 15.0 Å². The summed E-state index contributed by atoms with van der Waals surface area (Å²) in [4.78, 5) is 14.9. The topological polar surface area (TPSA) is 41.6 Å². The van der Waals surface area contributed by atoms with Crippen molar-refractivity contribution in [3.8, 4) is 0 Å². The van der Waals surface area contributed by atoms with Crippen molar-refractivity contribution in [1.82, 2.24) is 10.2 Å². The molecule has 0 spiro atoms. The first kappa shape index (κ1) is 24.3. The predicted octanol–water partition coefficient (Wildman–Crippen LogP) is 6.00. The molecule has 0 aromatic rings. The number of carbonyl (C=O) groups excluding carboxylic acids is 1. The molecule has 160 valence electrons. The van der Waals surface area contributed by atoms with E-state index in [0.717, 1.165) is 18.9 Å². The molecule has 4 heteroatoms. The first-order chi connectivity index (χ1) is 12.9. The van der Waals surface area contributed by atoms with Crippen molar-refractivity contribution in [3.05, 3.63) is 0 Å². The van der Waals surface area contributed by atoms with Crippen molar-refractivity contribution >= 4 is 6.09 Å². The Kier molecular flexibility index (Phi) is 11.4. The quantitative estimate of drug-likeness (QED) is 0.612. The number of piperidine rings is 1. The summed E-state index contributed by atoms with van der Waals surface area (Å²) in [5, 5.41) is 3.17. The molecule has 4 nitrogen and oxygen atoms in total. The summed E-state index contributed by atoms with van der Waals surface area (Å²) in [5.41, 5.74) is -0.423. The van der Waals surface area contributed by atoms with E-state index < -0.39 is 5.60 Å². The van der Waals surface area contributed by atoms with E-state index in [2.05, 4.69) is 17.1 Å². The van der Waals surface area contributed by atoms with Gasteiger partial charge >= 0.3 is 6.09 Å². The highest BCUT2D eigenvalue weighted by Gasteiger charge is 2.31. The van der Waals surface area contributed by atoms with Crippen LogP contribution < -0.4 is 5.32 Å². The maximum Gasteiger partial charge on any atom is 0.407 e. The Balaban J connectivity index is 0.00000176. The lowest BCUT2D eigenvalue weighted by Gasteiger charge is -2.39. The average Bonchev–Trinajstić information content (AvgIpc) is 2.62. The van der Waals surface area contributed by atoms with Gasteiger partial charge in [0.05, 0.1) is 0 Å². The molecule has 1 saturated heterocycles. The van der Waals surface area contributed by atoms with Crippen molar-refractivity contribution in [1.29, 1.82) is 0 Å². The second kappa shape index (κ2) is 12.6. The summed E-state index contributed by atoms with van der Waals surface area (Å²) in [6.45, 7) is 15.7. The SMILES string of the molecule is CC.CCCCC1CCCN(C[C@@H]2CCCCC2NC(=O)OC(C)(C)C)C1. The lowest BCUT2D eigenvalue weighted by Crippen LogP contribution is -2.49. The van der Waals surface area contributed by atoms with Gasteiger partial charge in [0, 0.05) is 19.1 Å². The molecule has 1 amide bonds. The summed E-state index contributed by atoms with van der Waals surface area (Å²) in [5.74, 6) is 1.46. The minimum atomic E-state index is -0.423. The highest BCUT2D eigenvalue weighted by Crippen LogP contribution is 2.28. The van der Waals surface area contributed by atoms with Gasteiger partial charge in [-0.25, -0.2) is 4.79 Å². The van der Waals surface area contributed by atoms with Gasteiger partial charge in [-0.15, -0.1) is 0 Å². The van der Waals surface area contributed by atoms with E-state index in [1.807, 2.05) is 34.6 Å². The first-order valence-electron chi connectivity index (χ1n) is 11.6. The number of hydrogen-bond acceptors (Lipinski definition) is 3. The van der Waals surface area contributed by atoms with Gasteiger partial charge in [-0.05, 0) is 71.3 Å². The van der Waals surface area contributed by atoms with Crippen LogP contribution in [0, 0.1) is 11.8 Å². The Morgan fingerprint density at radius 2 is 1.81 bits per heavy atom. The number of carbonyl (C=O) groups is 1. The monoisotopic (exact) mass is 382 g/mol. The Morgan fingerprint density at radius 3 is 2.48 bits per heavy atom. The van der Waals surface area contributed by atoms with Crippen LogP contribution >= 0.6 is 0 Å². The highest BCUT2D eigenvalue weighted by molar-refractivity contribution is 5.68. The van der Waals surface area contributed by atoms with Crippen LogP contribution in [0.15, 0.2) is 0 Å². The lowest BCUT2D eigenvalue weighted by molar-refractivity contribution is 0.0443. The summed E-state index contributed by atoms with van der Waals surface area (Å²) in [6, 6.07) is 0.277. The Hall–Kier alpha value is -0.770. The molecule has 2 aliphatic rings. The number of nitrogens with zero attached hydrogens (tertiary/aromatic N) is 1. The van der Waals surface area contributed by atoms with E-state index in [0.29, 0.717) is 5.92 Å². The van der Waals surface area contributed by atoms with Crippen LogP contribution in [-0.2, 0) is 4.74 Å². The zero-order valence-corrected chi connectivity index (χ0v) is 19.0.